The lowest BCUT2D eigenvalue weighted by Gasteiger charge is -2.17. The molecule has 2 aromatic heterocycles. The first-order valence-corrected chi connectivity index (χ1v) is 11.9. The molecule has 1 aliphatic heterocycles. The second kappa shape index (κ2) is 7.26. The Morgan fingerprint density at radius 3 is 2.70 bits per heavy atom. The molecule has 0 atom stereocenters. The van der Waals surface area contributed by atoms with Crippen molar-refractivity contribution in [2.45, 2.75) is 6.42 Å². The third kappa shape index (κ3) is 3.46. The van der Waals surface area contributed by atoms with Crippen LogP contribution in [0.3, 0.4) is 0 Å². The molecule has 1 saturated heterocycles. The normalized spacial score (nSPS) is 15.5. The van der Waals surface area contributed by atoms with E-state index < -0.39 is 10.0 Å². The Morgan fingerprint density at radius 1 is 1.13 bits per heavy atom. The Bertz CT molecular complexity index is 1310. The van der Waals surface area contributed by atoms with Crippen molar-refractivity contribution in [2.75, 3.05) is 21.9 Å². The van der Waals surface area contributed by atoms with Gasteiger partial charge < -0.3 is 5.32 Å². The van der Waals surface area contributed by atoms with Crippen molar-refractivity contribution >= 4 is 43.6 Å². The Balaban J connectivity index is 1.33. The molecule has 1 aliphatic rings. The molecule has 9 heteroatoms. The quantitative estimate of drug-likeness (QED) is 0.525. The van der Waals surface area contributed by atoms with Gasteiger partial charge in [0.2, 0.25) is 10.0 Å². The van der Waals surface area contributed by atoms with E-state index in [0.717, 1.165) is 16.2 Å². The molecule has 0 unspecified atom stereocenters. The van der Waals surface area contributed by atoms with Crippen LogP contribution in [0, 0.1) is 0 Å². The summed E-state index contributed by atoms with van der Waals surface area (Å²) in [5.74, 6) is -0.145. The highest BCUT2D eigenvalue weighted by Gasteiger charge is 2.28. The number of anilines is 2. The van der Waals surface area contributed by atoms with Crippen LogP contribution in [0.5, 0.6) is 0 Å². The lowest BCUT2D eigenvalue weighted by Crippen LogP contribution is -2.25. The van der Waals surface area contributed by atoms with Gasteiger partial charge in [0.1, 0.15) is 0 Å². The summed E-state index contributed by atoms with van der Waals surface area (Å²) in [6.07, 6.45) is 4.53. The monoisotopic (exact) mass is 438 g/mol. The highest BCUT2D eigenvalue weighted by atomic mass is 32.2. The summed E-state index contributed by atoms with van der Waals surface area (Å²) in [6.45, 7) is 0.445. The first-order chi connectivity index (χ1) is 14.5. The van der Waals surface area contributed by atoms with E-state index in [0.29, 0.717) is 29.9 Å². The molecule has 30 heavy (non-hydrogen) atoms. The van der Waals surface area contributed by atoms with Gasteiger partial charge in [-0.3, -0.25) is 13.5 Å². The minimum Gasteiger partial charge on any atom is -0.322 e. The van der Waals surface area contributed by atoms with E-state index in [1.165, 1.54) is 4.31 Å². The van der Waals surface area contributed by atoms with Crippen molar-refractivity contribution in [1.82, 2.24) is 9.38 Å². The predicted octanol–water partition coefficient (Wildman–Crippen LogP) is 3.86. The lowest BCUT2D eigenvalue weighted by molar-refractivity contribution is 0.102. The van der Waals surface area contributed by atoms with Crippen molar-refractivity contribution in [1.29, 1.82) is 0 Å². The molecule has 7 nitrogen and oxygen atoms in total. The number of fused-ring (bicyclic) bond motifs is 1. The van der Waals surface area contributed by atoms with E-state index in [-0.39, 0.29) is 11.7 Å². The van der Waals surface area contributed by atoms with Gasteiger partial charge in [-0.15, -0.1) is 11.3 Å². The minimum atomic E-state index is -3.28. The number of hydrogen-bond donors (Lipinski definition) is 1. The number of sulfonamides is 1. The molecular weight excluding hydrogens is 420 g/mol. The zero-order valence-electron chi connectivity index (χ0n) is 15.9. The Labute approximate surface area is 177 Å². The number of benzene rings is 2. The number of aromatic nitrogens is 2. The highest BCUT2D eigenvalue weighted by Crippen LogP contribution is 2.26. The van der Waals surface area contributed by atoms with Crippen LogP contribution in [0.1, 0.15) is 16.8 Å². The average Bonchev–Trinajstić information content (AvgIpc) is 3.43. The summed E-state index contributed by atoms with van der Waals surface area (Å²) >= 11 is 1.58. The van der Waals surface area contributed by atoms with E-state index in [2.05, 4.69) is 10.3 Å². The molecule has 0 saturated carbocycles. The minimum absolute atomic E-state index is 0.143. The van der Waals surface area contributed by atoms with Crippen LogP contribution in [-0.4, -0.2) is 36.0 Å². The molecule has 0 spiro atoms. The SMILES string of the molecule is O=C(Nc1ccc(-c2cn3ccsc3n2)cc1)c1cccc(N2CCCS2(=O)=O)c1. The van der Waals surface area contributed by atoms with Gasteiger partial charge in [-0.25, -0.2) is 13.4 Å². The molecule has 5 rings (SSSR count). The van der Waals surface area contributed by atoms with Crippen LogP contribution in [0.4, 0.5) is 11.4 Å². The zero-order chi connectivity index (χ0) is 20.7. The maximum atomic E-state index is 12.7. The Hall–Kier alpha value is -3.17. The molecule has 0 aliphatic carbocycles. The van der Waals surface area contributed by atoms with Crippen LogP contribution in [0.15, 0.2) is 66.3 Å². The second-order valence-electron chi connectivity index (χ2n) is 7.04. The standard InChI is InChI=1S/C21H18N4O3S2/c26-20(16-3-1-4-18(13-16)25-9-2-12-30(25,27)28)22-17-7-5-15(6-8-17)19-14-24-10-11-29-21(24)23-19/h1,3-8,10-11,13-14H,2,9,12H2,(H,22,26). The molecule has 0 radical (unpaired) electrons. The van der Waals surface area contributed by atoms with E-state index in [1.54, 1.807) is 35.6 Å². The zero-order valence-corrected chi connectivity index (χ0v) is 17.5. The molecule has 4 aromatic rings. The van der Waals surface area contributed by atoms with Crippen molar-refractivity contribution in [3.05, 3.63) is 71.9 Å². The molecule has 3 heterocycles. The highest BCUT2D eigenvalue weighted by molar-refractivity contribution is 7.93. The first-order valence-electron chi connectivity index (χ1n) is 9.44. The molecule has 152 valence electrons. The largest absolute Gasteiger partial charge is 0.322 e. The van der Waals surface area contributed by atoms with Crippen molar-refractivity contribution in [2.24, 2.45) is 0 Å². The van der Waals surface area contributed by atoms with Crippen LogP contribution >= 0.6 is 11.3 Å². The fourth-order valence-electron chi connectivity index (χ4n) is 3.53. The van der Waals surface area contributed by atoms with Gasteiger partial charge in [0.25, 0.3) is 5.91 Å². The fraction of sp³-hybridized carbons (Fsp3) is 0.143. The number of carbonyl (C=O) groups is 1. The smallest absolute Gasteiger partial charge is 0.255 e. The first kappa shape index (κ1) is 18.8. The van der Waals surface area contributed by atoms with Gasteiger partial charge >= 0.3 is 0 Å². The summed E-state index contributed by atoms with van der Waals surface area (Å²) < 4.78 is 27.6. The van der Waals surface area contributed by atoms with E-state index in [9.17, 15) is 13.2 Å². The van der Waals surface area contributed by atoms with E-state index in [1.807, 2.05) is 46.4 Å². The molecular formula is C21H18N4O3S2. The van der Waals surface area contributed by atoms with Crippen molar-refractivity contribution in [3.63, 3.8) is 0 Å². The molecule has 1 amide bonds. The second-order valence-corrected chi connectivity index (χ2v) is 9.93. The summed E-state index contributed by atoms with van der Waals surface area (Å²) in [4.78, 5) is 18.2. The number of nitrogens with zero attached hydrogens (tertiary/aromatic N) is 3. The lowest BCUT2D eigenvalue weighted by atomic mass is 10.1. The summed E-state index contributed by atoms with van der Waals surface area (Å²) in [6, 6.07) is 14.2. The maximum absolute atomic E-state index is 12.7. The number of imidazole rings is 1. The number of thiazole rings is 1. The number of rotatable bonds is 4. The van der Waals surface area contributed by atoms with Gasteiger partial charge in [-0.1, -0.05) is 18.2 Å². The van der Waals surface area contributed by atoms with Crippen molar-refractivity contribution < 1.29 is 13.2 Å². The van der Waals surface area contributed by atoms with Crippen LogP contribution in [0.2, 0.25) is 0 Å². The molecule has 2 aromatic carbocycles. The van der Waals surface area contributed by atoms with Gasteiger partial charge in [-0.2, -0.15) is 0 Å². The Morgan fingerprint density at radius 2 is 1.97 bits per heavy atom. The van der Waals surface area contributed by atoms with E-state index >= 15 is 0 Å². The van der Waals surface area contributed by atoms with E-state index in [4.69, 9.17) is 0 Å². The summed E-state index contributed by atoms with van der Waals surface area (Å²) in [5.41, 5.74) is 3.43. The van der Waals surface area contributed by atoms with Crippen molar-refractivity contribution in [3.8, 4) is 11.3 Å². The Kier molecular flexibility index (Phi) is 4.56. The molecule has 1 fully saturated rings. The van der Waals surface area contributed by atoms with Crippen LogP contribution in [-0.2, 0) is 10.0 Å². The average molecular weight is 439 g/mol. The van der Waals surface area contributed by atoms with Gasteiger partial charge in [0.15, 0.2) is 4.96 Å². The predicted molar refractivity (Wildman–Crippen MR) is 119 cm³/mol. The van der Waals surface area contributed by atoms with Crippen LogP contribution in [0.25, 0.3) is 16.2 Å². The maximum Gasteiger partial charge on any atom is 0.255 e. The topological polar surface area (TPSA) is 83.8 Å². The number of amides is 1. The summed E-state index contributed by atoms with van der Waals surface area (Å²) in [5, 5.41) is 4.85. The molecule has 1 N–H and O–H groups in total. The van der Waals surface area contributed by atoms with Gasteiger partial charge in [0, 0.05) is 41.1 Å². The third-order valence-corrected chi connectivity index (χ3v) is 7.67. The summed E-state index contributed by atoms with van der Waals surface area (Å²) in [7, 11) is -3.28. The number of carbonyl (C=O) groups excluding carboxylic acids is 1. The molecule has 0 bridgehead atoms. The number of nitrogens with one attached hydrogen (secondary N) is 1. The van der Waals surface area contributed by atoms with Crippen LogP contribution < -0.4 is 9.62 Å². The fourth-order valence-corrected chi connectivity index (χ4v) is 5.78. The van der Waals surface area contributed by atoms with Gasteiger partial charge in [-0.05, 0) is 36.8 Å². The van der Waals surface area contributed by atoms with Gasteiger partial charge in [0.05, 0.1) is 17.1 Å². The third-order valence-electron chi connectivity index (χ3n) is 5.03. The number of hydrogen-bond acceptors (Lipinski definition) is 5.